The Bertz CT molecular complexity index is 169. The Balaban J connectivity index is 1.86. The van der Waals surface area contributed by atoms with Crippen molar-refractivity contribution >= 4 is 0 Å². The minimum Gasteiger partial charge on any atom is -0.306 e. The van der Waals surface area contributed by atoms with Crippen LogP contribution in [0.5, 0.6) is 0 Å². The van der Waals surface area contributed by atoms with Gasteiger partial charge in [0.2, 0.25) is 0 Å². The van der Waals surface area contributed by atoms with Gasteiger partial charge in [0.15, 0.2) is 0 Å². The van der Waals surface area contributed by atoms with Crippen LogP contribution in [0.15, 0.2) is 0 Å². The molecular weight excluding hydrogens is 160 g/mol. The Kier molecular flexibility index (Phi) is 2.89. The van der Waals surface area contributed by atoms with Crippen molar-refractivity contribution in [2.45, 2.75) is 19.8 Å². The van der Waals surface area contributed by atoms with Crippen LogP contribution in [0, 0.1) is 11.8 Å². The Labute approximate surface area is 81.9 Å². The Morgan fingerprint density at radius 3 is 2.69 bits per heavy atom. The molecule has 0 aromatic carbocycles. The van der Waals surface area contributed by atoms with Crippen LogP contribution in [0.4, 0.5) is 0 Å². The van der Waals surface area contributed by atoms with Gasteiger partial charge in [0, 0.05) is 19.6 Å². The third-order valence-electron chi connectivity index (χ3n) is 3.61. The highest BCUT2D eigenvalue weighted by Crippen LogP contribution is 2.29. The number of hydrogen-bond acceptors (Lipinski definition) is 2. The van der Waals surface area contributed by atoms with Gasteiger partial charge in [-0.25, -0.2) is 0 Å². The van der Waals surface area contributed by atoms with Crippen LogP contribution < -0.4 is 0 Å². The van der Waals surface area contributed by atoms with Crippen molar-refractivity contribution in [3.63, 3.8) is 0 Å². The third-order valence-corrected chi connectivity index (χ3v) is 3.61. The third kappa shape index (κ3) is 2.05. The summed E-state index contributed by atoms with van der Waals surface area (Å²) >= 11 is 0. The van der Waals surface area contributed by atoms with E-state index in [2.05, 4.69) is 23.8 Å². The van der Waals surface area contributed by atoms with E-state index in [1.165, 1.54) is 45.6 Å². The maximum Gasteiger partial charge on any atom is 0.00250 e. The van der Waals surface area contributed by atoms with Crippen molar-refractivity contribution in [1.29, 1.82) is 0 Å². The van der Waals surface area contributed by atoms with E-state index in [0.29, 0.717) is 0 Å². The quantitative estimate of drug-likeness (QED) is 0.635. The van der Waals surface area contributed by atoms with Crippen LogP contribution in [0.3, 0.4) is 0 Å². The summed E-state index contributed by atoms with van der Waals surface area (Å²) in [5, 5.41) is 0. The lowest BCUT2D eigenvalue weighted by Crippen LogP contribution is -2.40. The second kappa shape index (κ2) is 3.97. The lowest BCUT2D eigenvalue weighted by Gasteiger charge is -2.34. The number of nitrogens with zero attached hydrogens (tertiary/aromatic N) is 2. The fraction of sp³-hybridized carbons (Fsp3) is 1.00. The summed E-state index contributed by atoms with van der Waals surface area (Å²) in [4.78, 5) is 5.16. The fourth-order valence-electron chi connectivity index (χ4n) is 3.00. The van der Waals surface area contributed by atoms with E-state index in [0.717, 1.165) is 11.8 Å². The average molecular weight is 182 g/mol. The van der Waals surface area contributed by atoms with E-state index < -0.39 is 0 Å². The number of hydrogen-bond donors (Lipinski definition) is 0. The molecular formula is C11H22N2. The van der Waals surface area contributed by atoms with E-state index >= 15 is 0 Å². The molecule has 0 aromatic heterocycles. The van der Waals surface area contributed by atoms with E-state index in [-0.39, 0.29) is 0 Å². The van der Waals surface area contributed by atoms with E-state index in [9.17, 15) is 0 Å². The highest BCUT2D eigenvalue weighted by Gasteiger charge is 2.34. The van der Waals surface area contributed by atoms with Gasteiger partial charge in [0.25, 0.3) is 0 Å². The molecule has 2 rings (SSSR count). The summed E-state index contributed by atoms with van der Waals surface area (Å²) in [7, 11) is 2.27. The van der Waals surface area contributed by atoms with Gasteiger partial charge in [-0.15, -0.1) is 0 Å². The van der Waals surface area contributed by atoms with Crippen LogP contribution in [0.2, 0.25) is 0 Å². The Hall–Kier alpha value is -0.0800. The van der Waals surface area contributed by atoms with Gasteiger partial charge in [0.1, 0.15) is 0 Å². The first-order valence-corrected chi connectivity index (χ1v) is 5.70. The van der Waals surface area contributed by atoms with Gasteiger partial charge < -0.3 is 9.80 Å². The molecule has 0 bridgehead atoms. The lowest BCUT2D eigenvalue weighted by molar-refractivity contribution is 0.149. The molecule has 0 aliphatic carbocycles. The maximum atomic E-state index is 2.65. The zero-order chi connectivity index (χ0) is 9.26. The molecule has 2 atom stereocenters. The first-order chi connectivity index (χ1) is 6.29. The predicted octanol–water partition coefficient (Wildman–Crippen LogP) is 1.28. The van der Waals surface area contributed by atoms with Crippen molar-refractivity contribution in [1.82, 2.24) is 9.80 Å². The van der Waals surface area contributed by atoms with Gasteiger partial charge in [0.05, 0.1) is 0 Å². The summed E-state index contributed by atoms with van der Waals surface area (Å²) in [6.07, 6.45) is 2.75. The van der Waals surface area contributed by atoms with Gasteiger partial charge in [-0.1, -0.05) is 6.92 Å². The Morgan fingerprint density at radius 2 is 1.92 bits per heavy atom. The Morgan fingerprint density at radius 1 is 1.15 bits per heavy atom. The number of piperidine rings is 1. The second-order valence-corrected chi connectivity index (χ2v) is 4.83. The summed E-state index contributed by atoms with van der Waals surface area (Å²) in [5.74, 6) is 1.99. The monoisotopic (exact) mass is 182 g/mol. The van der Waals surface area contributed by atoms with Crippen molar-refractivity contribution < 1.29 is 0 Å². The second-order valence-electron chi connectivity index (χ2n) is 4.83. The molecule has 2 heteroatoms. The largest absolute Gasteiger partial charge is 0.306 e. The van der Waals surface area contributed by atoms with Crippen LogP contribution in [-0.4, -0.2) is 49.6 Å². The molecule has 2 fully saturated rings. The van der Waals surface area contributed by atoms with E-state index in [1.807, 2.05) is 0 Å². The molecule has 0 radical (unpaired) electrons. The molecule has 2 heterocycles. The minimum absolute atomic E-state index is 0.977. The first-order valence-electron chi connectivity index (χ1n) is 5.70. The molecule has 2 aliphatic heterocycles. The SMILES string of the molecule is CCCN1CCC2CN(C)CC2C1. The summed E-state index contributed by atoms with van der Waals surface area (Å²) in [5.41, 5.74) is 0. The van der Waals surface area contributed by atoms with Crippen molar-refractivity contribution in [2.75, 3.05) is 39.8 Å². The number of rotatable bonds is 2. The zero-order valence-corrected chi connectivity index (χ0v) is 9.00. The molecule has 0 saturated carbocycles. The van der Waals surface area contributed by atoms with Gasteiger partial charge in [-0.2, -0.15) is 0 Å². The molecule has 2 saturated heterocycles. The van der Waals surface area contributed by atoms with Crippen LogP contribution in [0.1, 0.15) is 19.8 Å². The zero-order valence-electron chi connectivity index (χ0n) is 9.00. The smallest absolute Gasteiger partial charge is 0.00250 e. The molecule has 13 heavy (non-hydrogen) atoms. The van der Waals surface area contributed by atoms with Gasteiger partial charge in [-0.05, 0) is 44.8 Å². The molecule has 2 nitrogen and oxygen atoms in total. The summed E-state index contributed by atoms with van der Waals surface area (Å²) in [6, 6.07) is 0. The highest BCUT2D eigenvalue weighted by atomic mass is 15.2. The molecule has 2 unspecified atom stereocenters. The molecule has 2 aliphatic rings. The molecule has 0 spiro atoms. The van der Waals surface area contributed by atoms with E-state index in [4.69, 9.17) is 0 Å². The van der Waals surface area contributed by atoms with Crippen LogP contribution in [-0.2, 0) is 0 Å². The molecule has 76 valence electrons. The average Bonchev–Trinajstić information content (AvgIpc) is 2.44. The van der Waals surface area contributed by atoms with Crippen LogP contribution >= 0.6 is 0 Å². The number of likely N-dealkylation sites (tertiary alicyclic amines) is 2. The van der Waals surface area contributed by atoms with Crippen molar-refractivity contribution in [2.24, 2.45) is 11.8 Å². The van der Waals surface area contributed by atoms with Crippen LogP contribution in [0.25, 0.3) is 0 Å². The summed E-state index contributed by atoms with van der Waals surface area (Å²) in [6.45, 7) is 9.00. The van der Waals surface area contributed by atoms with Gasteiger partial charge in [-0.3, -0.25) is 0 Å². The maximum absolute atomic E-state index is 2.65. The summed E-state index contributed by atoms with van der Waals surface area (Å²) < 4.78 is 0. The molecule has 0 N–H and O–H groups in total. The van der Waals surface area contributed by atoms with Gasteiger partial charge >= 0.3 is 0 Å². The molecule has 0 amide bonds. The van der Waals surface area contributed by atoms with Crippen molar-refractivity contribution in [3.05, 3.63) is 0 Å². The topological polar surface area (TPSA) is 6.48 Å². The standard InChI is InChI=1S/C11H22N2/c1-3-5-13-6-4-10-7-12(2)8-11(10)9-13/h10-11H,3-9H2,1-2H3. The minimum atomic E-state index is 0.977. The predicted molar refractivity (Wildman–Crippen MR) is 55.8 cm³/mol. The molecule has 0 aromatic rings. The fourth-order valence-corrected chi connectivity index (χ4v) is 3.00. The lowest BCUT2D eigenvalue weighted by atomic mass is 9.89. The first kappa shape index (κ1) is 9.47. The highest BCUT2D eigenvalue weighted by molar-refractivity contribution is 4.88. The van der Waals surface area contributed by atoms with E-state index in [1.54, 1.807) is 0 Å². The van der Waals surface area contributed by atoms with Crippen molar-refractivity contribution in [3.8, 4) is 0 Å². The number of fused-ring (bicyclic) bond motifs is 1. The normalized spacial score (nSPS) is 36.5.